The van der Waals surface area contributed by atoms with Crippen LogP contribution in [0.5, 0.6) is 0 Å². The lowest BCUT2D eigenvalue weighted by molar-refractivity contribution is 0.177. The summed E-state index contributed by atoms with van der Waals surface area (Å²) in [7, 11) is 0. The number of halogens is 1. The highest BCUT2D eigenvalue weighted by Crippen LogP contribution is 2.35. The Kier molecular flexibility index (Phi) is 4.76. The molecule has 0 aromatic heterocycles. The van der Waals surface area contributed by atoms with Gasteiger partial charge in [0, 0.05) is 5.54 Å². The van der Waals surface area contributed by atoms with Crippen molar-refractivity contribution in [1.82, 2.24) is 0 Å². The average Bonchev–Trinajstić information content (AvgIpc) is 2.05. The lowest BCUT2D eigenvalue weighted by Crippen LogP contribution is -2.48. The Hall–Kier alpha value is -0.110. The summed E-state index contributed by atoms with van der Waals surface area (Å²) in [5, 5.41) is 0. The van der Waals surface area contributed by atoms with E-state index in [1.165, 1.54) is 32.1 Å². The lowest BCUT2D eigenvalue weighted by Gasteiger charge is -2.40. The first-order valence-corrected chi connectivity index (χ1v) is 5.02. The highest BCUT2D eigenvalue weighted by atomic mass is 19.0. The SMILES string of the molecule is CCC1CCCCC1(N)CC.F. The van der Waals surface area contributed by atoms with Crippen LogP contribution in [0.4, 0.5) is 4.70 Å². The first-order valence-electron chi connectivity index (χ1n) is 5.02. The van der Waals surface area contributed by atoms with Gasteiger partial charge >= 0.3 is 0 Å². The van der Waals surface area contributed by atoms with E-state index in [0.717, 1.165) is 12.3 Å². The summed E-state index contributed by atoms with van der Waals surface area (Å²) in [5.41, 5.74) is 6.50. The second kappa shape index (κ2) is 4.80. The molecule has 0 saturated heterocycles. The van der Waals surface area contributed by atoms with E-state index in [2.05, 4.69) is 13.8 Å². The molecule has 1 nitrogen and oxygen atoms in total. The molecule has 2 unspecified atom stereocenters. The van der Waals surface area contributed by atoms with Gasteiger partial charge in [0.25, 0.3) is 0 Å². The summed E-state index contributed by atoms with van der Waals surface area (Å²) in [6.07, 6.45) is 7.79. The number of rotatable bonds is 2. The monoisotopic (exact) mass is 175 g/mol. The van der Waals surface area contributed by atoms with Gasteiger partial charge in [0.1, 0.15) is 0 Å². The molecule has 1 fully saturated rings. The third kappa shape index (κ3) is 2.19. The predicted octanol–water partition coefficient (Wildman–Crippen LogP) is 2.85. The van der Waals surface area contributed by atoms with Crippen LogP contribution in [-0.4, -0.2) is 5.54 Å². The Bertz CT molecular complexity index is 127. The van der Waals surface area contributed by atoms with Crippen LogP contribution >= 0.6 is 0 Å². The molecule has 12 heavy (non-hydrogen) atoms. The number of hydrogen-bond acceptors (Lipinski definition) is 1. The molecule has 1 rings (SSSR count). The van der Waals surface area contributed by atoms with Gasteiger partial charge in [0.2, 0.25) is 0 Å². The van der Waals surface area contributed by atoms with Gasteiger partial charge in [0.15, 0.2) is 0 Å². The summed E-state index contributed by atoms with van der Waals surface area (Å²) >= 11 is 0. The molecule has 0 radical (unpaired) electrons. The van der Waals surface area contributed by atoms with E-state index < -0.39 is 0 Å². The molecule has 0 aliphatic heterocycles. The van der Waals surface area contributed by atoms with E-state index in [-0.39, 0.29) is 10.2 Å². The van der Waals surface area contributed by atoms with Gasteiger partial charge in [0.05, 0.1) is 0 Å². The molecule has 2 N–H and O–H groups in total. The van der Waals surface area contributed by atoms with Crippen molar-refractivity contribution in [3.8, 4) is 0 Å². The average molecular weight is 175 g/mol. The molecule has 2 heteroatoms. The maximum absolute atomic E-state index is 6.31. The zero-order chi connectivity index (χ0) is 8.32. The largest absolute Gasteiger partial charge is 0.325 e. The minimum Gasteiger partial charge on any atom is -0.325 e. The molecule has 0 aromatic carbocycles. The lowest BCUT2D eigenvalue weighted by atomic mass is 9.71. The molecule has 0 aromatic rings. The molecule has 1 aliphatic rings. The first-order chi connectivity index (χ1) is 5.23. The topological polar surface area (TPSA) is 26.0 Å². The van der Waals surface area contributed by atoms with Gasteiger partial charge < -0.3 is 5.73 Å². The molecule has 1 aliphatic carbocycles. The van der Waals surface area contributed by atoms with Crippen molar-refractivity contribution >= 4 is 0 Å². The highest BCUT2D eigenvalue weighted by molar-refractivity contribution is 4.92. The minimum absolute atomic E-state index is 0. The molecule has 2 atom stereocenters. The molecule has 1 saturated carbocycles. The van der Waals surface area contributed by atoms with Crippen molar-refractivity contribution in [3.05, 3.63) is 0 Å². The normalized spacial score (nSPS) is 35.8. The summed E-state index contributed by atoms with van der Waals surface area (Å²) < 4.78 is 0. The van der Waals surface area contributed by atoms with Crippen molar-refractivity contribution in [3.63, 3.8) is 0 Å². The first kappa shape index (κ1) is 11.9. The fourth-order valence-corrected chi connectivity index (χ4v) is 2.41. The fraction of sp³-hybridized carbons (Fsp3) is 1.00. The van der Waals surface area contributed by atoms with Gasteiger partial charge in [-0.3, -0.25) is 4.70 Å². The van der Waals surface area contributed by atoms with Crippen LogP contribution in [0.15, 0.2) is 0 Å². The predicted molar refractivity (Wildman–Crippen MR) is 52.0 cm³/mol. The highest BCUT2D eigenvalue weighted by Gasteiger charge is 2.33. The van der Waals surface area contributed by atoms with Crippen LogP contribution in [0.3, 0.4) is 0 Å². The quantitative estimate of drug-likeness (QED) is 0.686. The maximum Gasteiger partial charge on any atom is 0.0180 e. The molecule has 74 valence electrons. The zero-order valence-corrected chi connectivity index (χ0v) is 8.31. The van der Waals surface area contributed by atoms with Crippen LogP contribution in [0.1, 0.15) is 52.4 Å². The van der Waals surface area contributed by atoms with Crippen molar-refractivity contribution < 1.29 is 4.70 Å². The van der Waals surface area contributed by atoms with Crippen molar-refractivity contribution in [2.45, 2.75) is 57.9 Å². The minimum atomic E-state index is 0. The molecular weight excluding hydrogens is 153 g/mol. The summed E-state index contributed by atoms with van der Waals surface area (Å²) in [6, 6.07) is 0. The molecule has 0 heterocycles. The summed E-state index contributed by atoms with van der Waals surface area (Å²) in [4.78, 5) is 0. The Morgan fingerprint density at radius 1 is 1.33 bits per heavy atom. The Morgan fingerprint density at radius 2 is 2.00 bits per heavy atom. The number of hydrogen-bond donors (Lipinski definition) is 1. The standard InChI is InChI=1S/C10H21N.FH/c1-3-9-7-5-6-8-10(9,11)4-2;/h9H,3-8,11H2,1-2H3;1H. The summed E-state index contributed by atoms with van der Waals surface area (Å²) in [5.74, 6) is 0.793. The van der Waals surface area contributed by atoms with Gasteiger partial charge in [-0.15, -0.1) is 0 Å². The van der Waals surface area contributed by atoms with Crippen molar-refractivity contribution in [2.24, 2.45) is 11.7 Å². The Morgan fingerprint density at radius 3 is 2.42 bits per heavy atom. The van der Waals surface area contributed by atoms with E-state index in [4.69, 9.17) is 5.73 Å². The van der Waals surface area contributed by atoms with Crippen LogP contribution in [0, 0.1) is 5.92 Å². The second-order valence-electron chi connectivity index (χ2n) is 3.94. The van der Waals surface area contributed by atoms with E-state index in [1.807, 2.05) is 0 Å². The van der Waals surface area contributed by atoms with Gasteiger partial charge in [-0.1, -0.05) is 33.1 Å². The molecule has 0 bridgehead atoms. The fourth-order valence-electron chi connectivity index (χ4n) is 2.41. The van der Waals surface area contributed by atoms with E-state index in [0.29, 0.717) is 0 Å². The van der Waals surface area contributed by atoms with E-state index >= 15 is 0 Å². The third-order valence-electron chi connectivity index (χ3n) is 3.41. The van der Waals surface area contributed by atoms with Crippen LogP contribution < -0.4 is 5.73 Å². The maximum atomic E-state index is 6.31. The van der Waals surface area contributed by atoms with Crippen LogP contribution in [0.2, 0.25) is 0 Å². The van der Waals surface area contributed by atoms with E-state index in [1.54, 1.807) is 0 Å². The Labute approximate surface area is 75.1 Å². The van der Waals surface area contributed by atoms with Gasteiger partial charge in [-0.2, -0.15) is 0 Å². The van der Waals surface area contributed by atoms with Gasteiger partial charge in [-0.05, 0) is 25.2 Å². The van der Waals surface area contributed by atoms with Crippen molar-refractivity contribution in [1.29, 1.82) is 0 Å². The number of nitrogens with two attached hydrogens (primary N) is 1. The molecule has 0 spiro atoms. The summed E-state index contributed by atoms with van der Waals surface area (Å²) in [6.45, 7) is 4.50. The molecule has 0 amide bonds. The van der Waals surface area contributed by atoms with Crippen LogP contribution in [-0.2, 0) is 0 Å². The third-order valence-corrected chi connectivity index (χ3v) is 3.41. The molecular formula is C10H22FN. The van der Waals surface area contributed by atoms with Crippen molar-refractivity contribution in [2.75, 3.05) is 0 Å². The second-order valence-corrected chi connectivity index (χ2v) is 3.94. The smallest absolute Gasteiger partial charge is 0.0180 e. The Balaban J connectivity index is 0.00000121. The van der Waals surface area contributed by atoms with Crippen LogP contribution in [0.25, 0.3) is 0 Å². The van der Waals surface area contributed by atoms with Gasteiger partial charge in [-0.25, -0.2) is 0 Å². The zero-order valence-electron chi connectivity index (χ0n) is 8.31. The van der Waals surface area contributed by atoms with E-state index in [9.17, 15) is 0 Å².